The fourth-order valence-electron chi connectivity index (χ4n) is 2.68. The Morgan fingerprint density at radius 3 is 2.76 bits per heavy atom. The maximum absolute atomic E-state index is 12.3. The Morgan fingerprint density at radius 2 is 2.05 bits per heavy atom. The van der Waals surface area contributed by atoms with Crippen molar-refractivity contribution in [3.05, 3.63) is 34.6 Å². The molecule has 2 aromatic rings. The van der Waals surface area contributed by atoms with Gasteiger partial charge in [-0.05, 0) is 25.3 Å². The second kappa shape index (κ2) is 5.51. The SMILES string of the molecule is O=C(Cn1cnc2cc([N+](=O)[O-])ccc21)N1CCCCC1. The zero-order chi connectivity index (χ0) is 14.8. The predicted octanol–water partition coefficient (Wildman–Crippen LogP) is 1.96. The number of carbonyl (C=O) groups excluding carboxylic acids is 1. The Balaban J connectivity index is 1.80. The molecule has 0 saturated carbocycles. The van der Waals surface area contributed by atoms with Gasteiger partial charge in [0.05, 0.1) is 22.3 Å². The van der Waals surface area contributed by atoms with E-state index in [0.29, 0.717) is 5.52 Å². The lowest BCUT2D eigenvalue weighted by Gasteiger charge is -2.26. The summed E-state index contributed by atoms with van der Waals surface area (Å²) in [5.74, 6) is 0.0763. The zero-order valence-electron chi connectivity index (χ0n) is 11.6. The lowest BCUT2D eigenvalue weighted by Crippen LogP contribution is -2.37. The Kier molecular flexibility index (Phi) is 3.55. The molecule has 0 aliphatic carbocycles. The molecule has 1 aliphatic rings. The molecule has 3 rings (SSSR count). The molecular weight excluding hydrogens is 272 g/mol. The summed E-state index contributed by atoms with van der Waals surface area (Å²) in [4.78, 5) is 28.6. The van der Waals surface area contributed by atoms with Gasteiger partial charge in [-0.3, -0.25) is 14.9 Å². The molecule has 0 spiro atoms. The number of nitro benzene ring substituents is 1. The highest BCUT2D eigenvalue weighted by atomic mass is 16.6. The molecule has 7 nitrogen and oxygen atoms in total. The molecule has 110 valence electrons. The predicted molar refractivity (Wildman–Crippen MR) is 76.8 cm³/mol. The summed E-state index contributed by atoms with van der Waals surface area (Å²) in [5, 5.41) is 10.7. The van der Waals surface area contributed by atoms with Crippen molar-refractivity contribution >= 4 is 22.6 Å². The van der Waals surface area contributed by atoms with E-state index in [0.717, 1.165) is 31.4 Å². The number of hydrogen-bond acceptors (Lipinski definition) is 4. The molecule has 0 bridgehead atoms. The lowest BCUT2D eigenvalue weighted by atomic mass is 10.1. The summed E-state index contributed by atoms with van der Waals surface area (Å²) < 4.78 is 1.75. The molecule has 1 saturated heterocycles. The number of fused-ring (bicyclic) bond motifs is 1. The first-order chi connectivity index (χ1) is 10.1. The van der Waals surface area contributed by atoms with Crippen LogP contribution in [0.1, 0.15) is 19.3 Å². The third-order valence-corrected chi connectivity index (χ3v) is 3.83. The standard InChI is InChI=1S/C14H16N4O3/c19-14(16-6-2-1-3-7-16)9-17-10-15-12-8-11(18(20)21)4-5-13(12)17/h4-5,8,10H,1-3,6-7,9H2. The number of nitro groups is 1. The van der Waals surface area contributed by atoms with Crippen LogP contribution in [0.15, 0.2) is 24.5 Å². The Labute approximate surface area is 121 Å². The monoisotopic (exact) mass is 288 g/mol. The number of rotatable bonds is 3. The van der Waals surface area contributed by atoms with Gasteiger partial charge in [-0.15, -0.1) is 0 Å². The fourth-order valence-corrected chi connectivity index (χ4v) is 2.68. The van der Waals surface area contributed by atoms with Crippen molar-refractivity contribution < 1.29 is 9.72 Å². The number of non-ortho nitro benzene ring substituents is 1. The minimum Gasteiger partial charge on any atom is -0.341 e. The van der Waals surface area contributed by atoms with Crippen molar-refractivity contribution in [1.29, 1.82) is 0 Å². The molecule has 7 heteroatoms. The van der Waals surface area contributed by atoms with Gasteiger partial charge in [0, 0.05) is 25.2 Å². The Morgan fingerprint density at radius 1 is 1.29 bits per heavy atom. The summed E-state index contributed by atoms with van der Waals surface area (Å²) in [7, 11) is 0. The first-order valence-corrected chi connectivity index (χ1v) is 7.02. The van der Waals surface area contributed by atoms with Gasteiger partial charge in [-0.2, -0.15) is 0 Å². The van der Waals surface area contributed by atoms with E-state index in [1.54, 1.807) is 17.0 Å². The maximum Gasteiger partial charge on any atom is 0.271 e. The van der Waals surface area contributed by atoms with Crippen LogP contribution in [0, 0.1) is 10.1 Å². The molecule has 0 atom stereocenters. The molecule has 2 heterocycles. The highest BCUT2D eigenvalue weighted by Gasteiger charge is 2.18. The maximum atomic E-state index is 12.3. The molecule has 0 N–H and O–H groups in total. The summed E-state index contributed by atoms with van der Waals surface area (Å²) in [6.45, 7) is 1.86. The molecule has 1 aromatic carbocycles. The van der Waals surface area contributed by atoms with Gasteiger partial charge in [0.25, 0.3) is 5.69 Å². The lowest BCUT2D eigenvalue weighted by molar-refractivity contribution is -0.384. The molecule has 1 amide bonds. The van der Waals surface area contributed by atoms with E-state index in [4.69, 9.17) is 0 Å². The second-order valence-corrected chi connectivity index (χ2v) is 5.24. The van der Waals surface area contributed by atoms with Crippen molar-refractivity contribution in [2.75, 3.05) is 13.1 Å². The number of likely N-dealkylation sites (tertiary alicyclic amines) is 1. The van der Waals surface area contributed by atoms with Crippen LogP contribution < -0.4 is 0 Å². The van der Waals surface area contributed by atoms with Gasteiger partial charge in [0.15, 0.2) is 0 Å². The smallest absolute Gasteiger partial charge is 0.271 e. The first-order valence-electron chi connectivity index (χ1n) is 7.02. The van der Waals surface area contributed by atoms with Crippen molar-refractivity contribution in [2.24, 2.45) is 0 Å². The molecule has 0 unspecified atom stereocenters. The van der Waals surface area contributed by atoms with Gasteiger partial charge < -0.3 is 9.47 Å². The van der Waals surface area contributed by atoms with Crippen LogP contribution in [0.3, 0.4) is 0 Å². The van der Waals surface area contributed by atoms with Crippen molar-refractivity contribution in [1.82, 2.24) is 14.5 Å². The third-order valence-electron chi connectivity index (χ3n) is 3.83. The van der Waals surface area contributed by atoms with Crippen LogP contribution in [-0.2, 0) is 11.3 Å². The molecule has 1 aliphatic heterocycles. The number of imidazole rings is 1. The van der Waals surface area contributed by atoms with Gasteiger partial charge in [-0.25, -0.2) is 4.98 Å². The van der Waals surface area contributed by atoms with Gasteiger partial charge in [0.1, 0.15) is 6.54 Å². The Bertz CT molecular complexity index is 689. The van der Waals surface area contributed by atoms with Crippen LogP contribution in [0.5, 0.6) is 0 Å². The largest absolute Gasteiger partial charge is 0.341 e. The quantitative estimate of drug-likeness (QED) is 0.638. The van der Waals surface area contributed by atoms with Crippen LogP contribution >= 0.6 is 0 Å². The number of aromatic nitrogens is 2. The Hall–Kier alpha value is -2.44. The van der Waals surface area contributed by atoms with E-state index in [1.165, 1.54) is 18.6 Å². The van der Waals surface area contributed by atoms with Crippen molar-refractivity contribution in [3.8, 4) is 0 Å². The van der Waals surface area contributed by atoms with Crippen LogP contribution in [0.2, 0.25) is 0 Å². The van der Waals surface area contributed by atoms with E-state index in [1.807, 2.05) is 4.90 Å². The van der Waals surface area contributed by atoms with Gasteiger partial charge >= 0.3 is 0 Å². The number of benzene rings is 1. The zero-order valence-corrected chi connectivity index (χ0v) is 11.6. The van der Waals surface area contributed by atoms with Crippen molar-refractivity contribution in [2.45, 2.75) is 25.8 Å². The highest BCUT2D eigenvalue weighted by Crippen LogP contribution is 2.20. The highest BCUT2D eigenvalue weighted by molar-refractivity contribution is 5.82. The average molecular weight is 288 g/mol. The number of piperidine rings is 1. The first kappa shape index (κ1) is 13.5. The summed E-state index contributed by atoms with van der Waals surface area (Å²) >= 11 is 0. The fraction of sp³-hybridized carbons (Fsp3) is 0.429. The van der Waals surface area contributed by atoms with Gasteiger partial charge in [-0.1, -0.05) is 0 Å². The van der Waals surface area contributed by atoms with E-state index >= 15 is 0 Å². The summed E-state index contributed by atoms with van der Waals surface area (Å²) in [6.07, 6.45) is 4.86. The average Bonchev–Trinajstić information content (AvgIpc) is 2.90. The number of carbonyl (C=O) groups is 1. The van der Waals surface area contributed by atoms with Crippen LogP contribution in [0.25, 0.3) is 11.0 Å². The second-order valence-electron chi connectivity index (χ2n) is 5.24. The van der Waals surface area contributed by atoms with E-state index in [2.05, 4.69) is 4.98 Å². The van der Waals surface area contributed by atoms with Crippen LogP contribution in [0.4, 0.5) is 5.69 Å². The minimum absolute atomic E-state index is 0.00936. The third kappa shape index (κ3) is 2.72. The summed E-state index contributed by atoms with van der Waals surface area (Å²) in [5.41, 5.74) is 1.29. The topological polar surface area (TPSA) is 81.3 Å². The number of hydrogen-bond donors (Lipinski definition) is 0. The molecular formula is C14H16N4O3. The number of nitrogens with zero attached hydrogens (tertiary/aromatic N) is 4. The minimum atomic E-state index is -0.447. The van der Waals surface area contributed by atoms with E-state index in [9.17, 15) is 14.9 Å². The normalized spacial score (nSPS) is 15.3. The van der Waals surface area contributed by atoms with Gasteiger partial charge in [0.2, 0.25) is 5.91 Å². The molecule has 0 radical (unpaired) electrons. The van der Waals surface area contributed by atoms with Crippen LogP contribution in [-0.4, -0.2) is 38.4 Å². The van der Waals surface area contributed by atoms with E-state index in [-0.39, 0.29) is 18.1 Å². The molecule has 1 fully saturated rings. The molecule has 21 heavy (non-hydrogen) atoms. The molecule has 1 aromatic heterocycles. The summed E-state index contributed by atoms with van der Waals surface area (Å²) in [6, 6.07) is 4.51. The van der Waals surface area contributed by atoms with Crippen molar-refractivity contribution in [3.63, 3.8) is 0 Å². The number of amides is 1. The van der Waals surface area contributed by atoms with E-state index < -0.39 is 4.92 Å².